The summed E-state index contributed by atoms with van der Waals surface area (Å²) in [5.74, 6) is 0.759. The number of rotatable bonds is 5. The predicted molar refractivity (Wildman–Crippen MR) is 73.1 cm³/mol. The Hall–Kier alpha value is -1.94. The molecule has 98 valence electrons. The zero-order valence-electron chi connectivity index (χ0n) is 11.0. The van der Waals surface area contributed by atoms with Gasteiger partial charge >= 0.3 is 6.01 Å². The molecule has 0 spiro atoms. The van der Waals surface area contributed by atoms with E-state index in [2.05, 4.69) is 15.3 Å². The van der Waals surface area contributed by atoms with Crippen LogP contribution >= 0.6 is 0 Å². The number of hydrogen-bond acceptors (Lipinski definition) is 4. The molecule has 1 aromatic carbocycles. The molecule has 0 aliphatic heterocycles. The van der Waals surface area contributed by atoms with Crippen LogP contribution in [-0.4, -0.2) is 16.0 Å². The van der Waals surface area contributed by atoms with Gasteiger partial charge < -0.3 is 10.1 Å². The molecule has 0 radical (unpaired) electrons. The molecule has 3 rings (SSSR count). The third-order valence-electron chi connectivity index (χ3n) is 3.08. The van der Waals surface area contributed by atoms with Crippen molar-refractivity contribution in [3.8, 4) is 11.8 Å². The highest BCUT2D eigenvalue weighted by molar-refractivity contribution is 5.28. The quantitative estimate of drug-likeness (QED) is 0.892. The summed E-state index contributed by atoms with van der Waals surface area (Å²) < 4.78 is 5.58. The summed E-state index contributed by atoms with van der Waals surface area (Å²) in [6, 6.07) is 8.93. The number of ether oxygens (including phenoxy) is 1. The van der Waals surface area contributed by atoms with Crippen LogP contribution in [0.2, 0.25) is 0 Å². The van der Waals surface area contributed by atoms with E-state index >= 15 is 0 Å². The Morgan fingerprint density at radius 3 is 2.47 bits per heavy atom. The highest BCUT2D eigenvalue weighted by atomic mass is 16.5. The molecular weight excluding hydrogens is 238 g/mol. The standard InChI is InChI=1S/C15H17N3O/c1-11-2-6-14(7-3-11)19-15-17-9-12(10-18-15)8-16-13-4-5-13/h2-3,6-7,9-10,13,16H,4-5,8H2,1H3. The molecule has 0 bridgehead atoms. The van der Waals surface area contributed by atoms with E-state index in [4.69, 9.17) is 4.74 Å². The van der Waals surface area contributed by atoms with Crippen molar-refractivity contribution in [1.82, 2.24) is 15.3 Å². The molecule has 4 heteroatoms. The van der Waals surface area contributed by atoms with Gasteiger partial charge in [-0.3, -0.25) is 0 Å². The van der Waals surface area contributed by atoms with E-state index < -0.39 is 0 Å². The zero-order chi connectivity index (χ0) is 13.1. The van der Waals surface area contributed by atoms with E-state index in [1.165, 1.54) is 18.4 Å². The van der Waals surface area contributed by atoms with Crippen LogP contribution in [0.4, 0.5) is 0 Å². The average Bonchev–Trinajstić information content (AvgIpc) is 3.25. The predicted octanol–water partition coefficient (Wildman–Crippen LogP) is 2.83. The Morgan fingerprint density at radius 1 is 1.16 bits per heavy atom. The minimum Gasteiger partial charge on any atom is -0.424 e. The van der Waals surface area contributed by atoms with Gasteiger partial charge in [0.2, 0.25) is 0 Å². The monoisotopic (exact) mass is 255 g/mol. The van der Waals surface area contributed by atoms with Crippen molar-refractivity contribution in [3.63, 3.8) is 0 Å². The average molecular weight is 255 g/mol. The smallest absolute Gasteiger partial charge is 0.321 e. The first-order chi connectivity index (χ1) is 9.29. The Labute approximate surface area is 112 Å². The van der Waals surface area contributed by atoms with Gasteiger partial charge in [0.1, 0.15) is 5.75 Å². The van der Waals surface area contributed by atoms with Gasteiger partial charge in [-0.1, -0.05) is 17.7 Å². The number of aryl methyl sites for hydroxylation is 1. The van der Waals surface area contributed by atoms with Gasteiger partial charge in [-0.05, 0) is 31.9 Å². The summed E-state index contributed by atoms with van der Waals surface area (Å²) in [6.07, 6.45) is 6.20. The van der Waals surface area contributed by atoms with Crippen molar-refractivity contribution < 1.29 is 4.74 Å². The zero-order valence-corrected chi connectivity index (χ0v) is 11.0. The summed E-state index contributed by atoms with van der Waals surface area (Å²) in [5, 5.41) is 3.43. The Morgan fingerprint density at radius 2 is 1.84 bits per heavy atom. The SMILES string of the molecule is Cc1ccc(Oc2ncc(CNC3CC3)cn2)cc1. The maximum Gasteiger partial charge on any atom is 0.321 e. The van der Waals surface area contributed by atoms with E-state index in [9.17, 15) is 0 Å². The van der Waals surface area contributed by atoms with Crippen molar-refractivity contribution >= 4 is 0 Å². The van der Waals surface area contributed by atoms with Crippen LogP contribution in [0.5, 0.6) is 11.8 Å². The molecule has 1 saturated carbocycles. The van der Waals surface area contributed by atoms with Crippen LogP contribution < -0.4 is 10.1 Å². The highest BCUT2D eigenvalue weighted by Crippen LogP contribution is 2.20. The molecule has 0 unspecified atom stereocenters. The second kappa shape index (κ2) is 5.36. The van der Waals surface area contributed by atoms with Crippen LogP contribution in [0.15, 0.2) is 36.7 Å². The summed E-state index contributed by atoms with van der Waals surface area (Å²) >= 11 is 0. The first-order valence-corrected chi connectivity index (χ1v) is 6.58. The second-order valence-corrected chi connectivity index (χ2v) is 4.94. The molecule has 1 heterocycles. The van der Waals surface area contributed by atoms with Crippen molar-refractivity contribution in [1.29, 1.82) is 0 Å². The molecule has 1 fully saturated rings. The van der Waals surface area contributed by atoms with Gasteiger partial charge in [0, 0.05) is 30.5 Å². The Kier molecular flexibility index (Phi) is 3.42. The van der Waals surface area contributed by atoms with Crippen LogP contribution in [0.1, 0.15) is 24.0 Å². The lowest BCUT2D eigenvalue weighted by Gasteiger charge is -2.05. The van der Waals surface area contributed by atoms with Crippen molar-refractivity contribution in [3.05, 3.63) is 47.8 Å². The largest absolute Gasteiger partial charge is 0.424 e. The lowest BCUT2D eigenvalue weighted by Crippen LogP contribution is -2.15. The number of aromatic nitrogens is 2. The number of nitrogens with zero attached hydrogens (tertiary/aromatic N) is 2. The molecular formula is C15H17N3O. The van der Waals surface area contributed by atoms with Crippen LogP contribution in [0.25, 0.3) is 0 Å². The van der Waals surface area contributed by atoms with Crippen LogP contribution in [0, 0.1) is 6.92 Å². The number of benzene rings is 1. The van der Waals surface area contributed by atoms with Crippen molar-refractivity contribution in [2.75, 3.05) is 0 Å². The second-order valence-electron chi connectivity index (χ2n) is 4.94. The number of hydrogen-bond donors (Lipinski definition) is 1. The normalized spacial score (nSPS) is 14.4. The topological polar surface area (TPSA) is 47.0 Å². The van der Waals surface area contributed by atoms with Gasteiger partial charge in [0.25, 0.3) is 0 Å². The molecule has 0 amide bonds. The Balaban J connectivity index is 1.59. The molecule has 1 aromatic heterocycles. The third-order valence-corrected chi connectivity index (χ3v) is 3.08. The van der Waals surface area contributed by atoms with Crippen LogP contribution in [-0.2, 0) is 6.54 Å². The van der Waals surface area contributed by atoms with Crippen molar-refractivity contribution in [2.24, 2.45) is 0 Å². The van der Waals surface area contributed by atoms with Gasteiger partial charge in [-0.25, -0.2) is 9.97 Å². The summed E-state index contributed by atoms with van der Waals surface area (Å²) in [7, 11) is 0. The molecule has 19 heavy (non-hydrogen) atoms. The highest BCUT2D eigenvalue weighted by Gasteiger charge is 2.19. The maximum atomic E-state index is 5.58. The molecule has 2 aromatic rings. The van der Waals surface area contributed by atoms with E-state index in [-0.39, 0.29) is 0 Å². The van der Waals surface area contributed by atoms with Gasteiger partial charge in [0.05, 0.1) is 0 Å². The van der Waals surface area contributed by atoms with E-state index in [0.717, 1.165) is 17.9 Å². The fourth-order valence-corrected chi connectivity index (χ4v) is 1.75. The summed E-state index contributed by atoms with van der Waals surface area (Å²) in [5.41, 5.74) is 2.29. The minimum absolute atomic E-state index is 0.388. The molecule has 1 N–H and O–H groups in total. The summed E-state index contributed by atoms with van der Waals surface area (Å²) in [4.78, 5) is 8.44. The van der Waals surface area contributed by atoms with E-state index in [1.807, 2.05) is 43.6 Å². The maximum absolute atomic E-state index is 5.58. The van der Waals surface area contributed by atoms with Crippen molar-refractivity contribution in [2.45, 2.75) is 32.4 Å². The van der Waals surface area contributed by atoms with Crippen LogP contribution in [0.3, 0.4) is 0 Å². The molecule has 1 aliphatic rings. The molecule has 1 aliphatic carbocycles. The first kappa shape index (κ1) is 12.1. The summed E-state index contributed by atoms with van der Waals surface area (Å²) in [6.45, 7) is 2.87. The fourth-order valence-electron chi connectivity index (χ4n) is 1.75. The lowest BCUT2D eigenvalue weighted by atomic mass is 10.2. The number of nitrogens with one attached hydrogen (secondary N) is 1. The van der Waals surface area contributed by atoms with Gasteiger partial charge in [0.15, 0.2) is 0 Å². The minimum atomic E-state index is 0.388. The first-order valence-electron chi connectivity index (χ1n) is 6.58. The van der Waals surface area contributed by atoms with Gasteiger partial charge in [-0.15, -0.1) is 0 Å². The van der Waals surface area contributed by atoms with E-state index in [1.54, 1.807) is 0 Å². The Bertz CT molecular complexity index is 532. The molecule has 4 nitrogen and oxygen atoms in total. The third kappa shape index (κ3) is 3.51. The lowest BCUT2D eigenvalue weighted by molar-refractivity contribution is 0.440. The molecule has 0 saturated heterocycles. The van der Waals surface area contributed by atoms with E-state index in [0.29, 0.717) is 12.1 Å². The molecule has 0 atom stereocenters. The fraction of sp³-hybridized carbons (Fsp3) is 0.333. The van der Waals surface area contributed by atoms with Gasteiger partial charge in [-0.2, -0.15) is 0 Å².